The van der Waals surface area contributed by atoms with E-state index in [2.05, 4.69) is 0 Å². The van der Waals surface area contributed by atoms with Gasteiger partial charge in [0.25, 0.3) is 0 Å². The number of rotatable bonds is 15. The van der Waals surface area contributed by atoms with Crippen molar-refractivity contribution in [2.24, 2.45) is 11.7 Å². The molecule has 1 aromatic carbocycles. The summed E-state index contributed by atoms with van der Waals surface area (Å²) in [5.41, 5.74) is 3.81. The van der Waals surface area contributed by atoms with Crippen molar-refractivity contribution in [3.8, 4) is 11.5 Å². The third kappa shape index (κ3) is 11.9. The van der Waals surface area contributed by atoms with Crippen molar-refractivity contribution in [2.45, 2.75) is 124 Å². The van der Waals surface area contributed by atoms with Gasteiger partial charge in [-0.3, -0.25) is 9.59 Å². The van der Waals surface area contributed by atoms with Crippen LogP contribution < -0.4 is 15.2 Å². The summed E-state index contributed by atoms with van der Waals surface area (Å²) in [7, 11) is 1.21. The molecule has 0 radical (unpaired) electrons. The monoisotopic (exact) mass is 595 g/mol. The molecule has 0 bridgehead atoms. The molecule has 11 nitrogen and oxygen atoms in total. The Hall–Kier alpha value is -3.34. The molecule has 11 heteroatoms. The first-order chi connectivity index (χ1) is 19.4. The Balaban J connectivity index is 3.34. The van der Waals surface area contributed by atoms with Gasteiger partial charge in [-0.2, -0.15) is 0 Å². The minimum atomic E-state index is -1.60. The van der Waals surface area contributed by atoms with Gasteiger partial charge in [0.2, 0.25) is 0 Å². The van der Waals surface area contributed by atoms with Gasteiger partial charge in [-0.1, -0.05) is 40.2 Å². The molecule has 0 fully saturated rings. The van der Waals surface area contributed by atoms with E-state index in [4.69, 9.17) is 34.2 Å². The Labute approximate surface area is 249 Å². The molecule has 1 rings (SSSR count). The van der Waals surface area contributed by atoms with E-state index in [1.54, 1.807) is 47.6 Å². The van der Waals surface area contributed by atoms with Gasteiger partial charge in [0, 0.05) is 12.8 Å². The lowest BCUT2D eigenvalue weighted by Crippen LogP contribution is -2.53. The van der Waals surface area contributed by atoms with Gasteiger partial charge < -0.3 is 34.2 Å². The Kier molecular flexibility index (Phi) is 13.8. The first-order valence-electron chi connectivity index (χ1n) is 14.4. The van der Waals surface area contributed by atoms with Gasteiger partial charge in [0.1, 0.15) is 22.8 Å². The smallest absolute Gasteiger partial charge is 0.468 e. The highest BCUT2D eigenvalue weighted by atomic mass is 16.8. The maximum absolute atomic E-state index is 12.8. The van der Waals surface area contributed by atoms with Crippen molar-refractivity contribution in [3.63, 3.8) is 0 Å². The second kappa shape index (κ2) is 15.8. The molecular formula is C31H49NO10. The number of nitrogens with two attached hydrogens (primary N) is 1. The van der Waals surface area contributed by atoms with Crippen LogP contribution in [0.15, 0.2) is 18.2 Å². The molecule has 3 atom stereocenters. The number of ether oxygens (including phenoxy) is 6. The number of carbonyl (C=O) groups excluding carboxylic acids is 4. The highest BCUT2D eigenvalue weighted by molar-refractivity contribution is 5.81. The summed E-state index contributed by atoms with van der Waals surface area (Å²) >= 11 is 0. The minimum absolute atomic E-state index is 0.0378. The van der Waals surface area contributed by atoms with Crippen molar-refractivity contribution in [1.29, 1.82) is 0 Å². The van der Waals surface area contributed by atoms with Crippen molar-refractivity contribution in [2.75, 3.05) is 7.11 Å². The van der Waals surface area contributed by atoms with Crippen LogP contribution in [0, 0.1) is 5.92 Å². The van der Waals surface area contributed by atoms with Crippen LogP contribution in [-0.4, -0.2) is 54.2 Å². The predicted octanol–water partition coefficient (Wildman–Crippen LogP) is 6.27. The number of methoxy groups -OCH3 is 1. The largest absolute Gasteiger partial charge is 0.514 e. The molecule has 238 valence electrons. The summed E-state index contributed by atoms with van der Waals surface area (Å²) in [5, 5.41) is 0. The normalized spacial score (nSPS) is 14.5. The van der Waals surface area contributed by atoms with Crippen LogP contribution in [0.25, 0.3) is 0 Å². The topological polar surface area (TPSA) is 150 Å². The molecule has 1 aromatic rings. The third-order valence-corrected chi connectivity index (χ3v) is 7.02. The van der Waals surface area contributed by atoms with Crippen LogP contribution in [0.1, 0.15) is 100.0 Å². The zero-order valence-corrected chi connectivity index (χ0v) is 26.8. The molecule has 0 saturated carbocycles. The summed E-state index contributed by atoms with van der Waals surface area (Å²) in [6.07, 6.45) is -0.238. The third-order valence-electron chi connectivity index (χ3n) is 7.02. The minimum Gasteiger partial charge on any atom is -0.468 e. The highest BCUT2D eigenvalue weighted by Crippen LogP contribution is 2.33. The maximum Gasteiger partial charge on any atom is 0.514 e. The van der Waals surface area contributed by atoms with Crippen molar-refractivity contribution in [1.82, 2.24) is 0 Å². The summed E-state index contributed by atoms with van der Waals surface area (Å²) in [5.74, 6) is -1.63. The highest BCUT2D eigenvalue weighted by Gasteiger charge is 2.39. The number of hydrogen-bond acceptors (Lipinski definition) is 11. The molecule has 2 unspecified atom stereocenters. The fraction of sp³-hybridized carbons (Fsp3) is 0.677. The standard InChI is InChI=1S/C31H49NO10/c1-11-14-20(4)25(33)38-21(5)18-31(32,26(34)37-10)19-22-15-16-23(39-27(35)41-29(6,7)12-2)24(17-22)40-28(36)42-30(8,9)13-3/h15-17,20-21H,11-14,18-19,32H2,1-10H3/t20?,21-,31?/m0/s1. The Morgan fingerprint density at radius 3 is 1.86 bits per heavy atom. The van der Waals surface area contributed by atoms with Gasteiger partial charge in [-0.15, -0.1) is 0 Å². The van der Waals surface area contributed by atoms with Crippen LogP contribution in [0.3, 0.4) is 0 Å². The number of esters is 2. The van der Waals surface area contributed by atoms with Crippen LogP contribution in [0.4, 0.5) is 9.59 Å². The summed E-state index contributed by atoms with van der Waals surface area (Å²) in [6, 6.07) is 4.38. The van der Waals surface area contributed by atoms with E-state index in [0.717, 1.165) is 6.42 Å². The van der Waals surface area contributed by atoms with Gasteiger partial charge in [-0.25, -0.2) is 9.59 Å². The first-order valence-corrected chi connectivity index (χ1v) is 14.4. The number of carbonyl (C=O) groups is 4. The SMILES string of the molecule is CCCC(C)C(=O)O[C@@H](C)CC(N)(Cc1ccc(OC(=O)OC(C)(C)CC)c(OC(=O)OC(C)(C)CC)c1)C(=O)OC. The fourth-order valence-electron chi connectivity index (χ4n) is 3.86. The predicted molar refractivity (Wildman–Crippen MR) is 156 cm³/mol. The fourth-order valence-corrected chi connectivity index (χ4v) is 3.86. The summed E-state index contributed by atoms with van der Waals surface area (Å²) in [6.45, 7) is 16.0. The van der Waals surface area contributed by atoms with Crippen LogP contribution >= 0.6 is 0 Å². The van der Waals surface area contributed by atoms with Crippen LogP contribution in [0.5, 0.6) is 11.5 Å². The molecule has 2 N–H and O–H groups in total. The molecule has 0 aliphatic carbocycles. The second-order valence-electron chi connectivity index (χ2n) is 11.9. The molecule has 0 aliphatic rings. The second-order valence-corrected chi connectivity index (χ2v) is 11.9. The van der Waals surface area contributed by atoms with Crippen molar-refractivity contribution < 1.29 is 47.6 Å². The molecule has 0 spiro atoms. The molecule has 0 aromatic heterocycles. The average molecular weight is 596 g/mol. The average Bonchev–Trinajstić information content (AvgIpc) is 2.88. The Bertz CT molecular complexity index is 1080. The number of hydrogen-bond donors (Lipinski definition) is 1. The van der Waals surface area contributed by atoms with Gasteiger partial charge in [0.15, 0.2) is 11.5 Å². The molecule has 0 heterocycles. The van der Waals surface area contributed by atoms with E-state index >= 15 is 0 Å². The zero-order chi connectivity index (χ0) is 32.3. The molecule has 0 amide bonds. The van der Waals surface area contributed by atoms with E-state index in [-0.39, 0.29) is 36.2 Å². The number of benzene rings is 1. The van der Waals surface area contributed by atoms with Crippen LogP contribution in [0.2, 0.25) is 0 Å². The van der Waals surface area contributed by atoms with E-state index < -0.39 is 41.1 Å². The lowest BCUT2D eigenvalue weighted by atomic mass is 9.86. The Morgan fingerprint density at radius 2 is 1.38 bits per heavy atom. The van der Waals surface area contributed by atoms with Crippen molar-refractivity contribution in [3.05, 3.63) is 23.8 Å². The van der Waals surface area contributed by atoms with E-state index in [1.807, 2.05) is 20.8 Å². The molecule has 0 saturated heterocycles. The quantitative estimate of drug-likeness (QED) is 0.139. The van der Waals surface area contributed by atoms with E-state index in [1.165, 1.54) is 19.2 Å². The molecular weight excluding hydrogens is 546 g/mol. The van der Waals surface area contributed by atoms with Crippen molar-refractivity contribution >= 4 is 24.2 Å². The summed E-state index contributed by atoms with van der Waals surface area (Å²) < 4.78 is 32.1. The summed E-state index contributed by atoms with van der Waals surface area (Å²) in [4.78, 5) is 50.4. The van der Waals surface area contributed by atoms with E-state index in [0.29, 0.717) is 24.8 Å². The van der Waals surface area contributed by atoms with E-state index in [9.17, 15) is 19.2 Å². The lowest BCUT2D eigenvalue weighted by molar-refractivity contribution is -0.157. The maximum atomic E-state index is 12.8. The van der Waals surface area contributed by atoms with Gasteiger partial charge >= 0.3 is 24.2 Å². The van der Waals surface area contributed by atoms with Gasteiger partial charge in [0.05, 0.1) is 13.0 Å². The Morgan fingerprint density at radius 1 is 0.857 bits per heavy atom. The zero-order valence-electron chi connectivity index (χ0n) is 26.8. The van der Waals surface area contributed by atoms with Crippen LogP contribution in [-0.2, 0) is 35.0 Å². The first kappa shape index (κ1) is 36.7. The van der Waals surface area contributed by atoms with Gasteiger partial charge in [-0.05, 0) is 71.6 Å². The molecule has 42 heavy (non-hydrogen) atoms. The lowest BCUT2D eigenvalue weighted by Gasteiger charge is -2.30. The molecule has 0 aliphatic heterocycles.